The Morgan fingerprint density at radius 3 is 2.78 bits per heavy atom. The van der Waals surface area contributed by atoms with Crippen molar-refractivity contribution < 1.29 is 14.3 Å². The number of methoxy groups -OCH3 is 1. The summed E-state index contributed by atoms with van der Waals surface area (Å²) in [6.07, 6.45) is 4.87. The standard InChI is InChI=1S/C19H27NO3/c1-15-6-3-4-8-17(15)10-9-16-7-5-13-20(14-16)18(21)11-12-19(22)23-2/h3-4,6,8,16H,5,7,9-14H2,1-2H3. The number of esters is 1. The second kappa shape index (κ2) is 8.70. The number of likely N-dealkylation sites (tertiary alicyclic amines) is 1. The molecule has 4 heteroatoms. The van der Waals surface area contributed by atoms with Crippen molar-refractivity contribution in [2.45, 2.75) is 45.4 Å². The molecular weight excluding hydrogens is 290 g/mol. The van der Waals surface area contributed by atoms with Crippen LogP contribution in [0.1, 0.15) is 43.2 Å². The van der Waals surface area contributed by atoms with Gasteiger partial charge in [0.25, 0.3) is 0 Å². The molecule has 23 heavy (non-hydrogen) atoms. The Morgan fingerprint density at radius 1 is 1.26 bits per heavy atom. The molecule has 1 aliphatic rings. The van der Waals surface area contributed by atoms with Crippen LogP contribution in [0.2, 0.25) is 0 Å². The van der Waals surface area contributed by atoms with E-state index in [4.69, 9.17) is 0 Å². The van der Waals surface area contributed by atoms with Crippen LogP contribution in [0.15, 0.2) is 24.3 Å². The van der Waals surface area contributed by atoms with E-state index in [1.54, 1.807) is 0 Å². The van der Waals surface area contributed by atoms with E-state index in [0.29, 0.717) is 5.92 Å². The maximum absolute atomic E-state index is 12.2. The summed E-state index contributed by atoms with van der Waals surface area (Å²) in [6, 6.07) is 8.50. The number of aryl methyl sites for hydroxylation is 2. The quantitative estimate of drug-likeness (QED) is 0.757. The molecule has 0 bridgehead atoms. The van der Waals surface area contributed by atoms with Crippen molar-refractivity contribution in [3.8, 4) is 0 Å². The number of amides is 1. The molecule has 1 aliphatic heterocycles. The second-order valence-electron chi connectivity index (χ2n) is 6.39. The lowest BCUT2D eigenvalue weighted by molar-refractivity contribution is -0.144. The van der Waals surface area contributed by atoms with Crippen LogP contribution in [-0.2, 0) is 20.7 Å². The Bertz CT molecular complexity index is 541. The summed E-state index contributed by atoms with van der Waals surface area (Å²) < 4.78 is 4.60. The maximum atomic E-state index is 12.2. The first-order valence-corrected chi connectivity index (χ1v) is 8.49. The topological polar surface area (TPSA) is 46.6 Å². The number of rotatable bonds is 6. The number of ether oxygens (including phenoxy) is 1. The van der Waals surface area contributed by atoms with E-state index < -0.39 is 0 Å². The predicted octanol–water partition coefficient (Wildman–Crippen LogP) is 3.12. The average Bonchev–Trinajstić information content (AvgIpc) is 2.59. The molecule has 126 valence electrons. The molecule has 1 unspecified atom stereocenters. The van der Waals surface area contributed by atoms with E-state index in [1.807, 2.05) is 4.90 Å². The molecule has 0 radical (unpaired) electrons. The van der Waals surface area contributed by atoms with Gasteiger partial charge in [0.15, 0.2) is 0 Å². The summed E-state index contributed by atoms with van der Waals surface area (Å²) in [5, 5.41) is 0. The molecule has 4 nitrogen and oxygen atoms in total. The van der Waals surface area contributed by atoms with Crippen LogP contribution in [0.3, 0.4) is 0 Å². The zero-order valence-corrected chi connectivity index (χ0v) is 14.2. The Kier molecular flexibility index (Phi) is 6.63. The molecule has 1 aromatic carbocycles. The van der Waals surface area contributed by atoms with Crippen molar-refractivity contribution in [2.75, 3.05) is 20.2 Å². The van der Waals surface area contributed by atoms with E-state index in [2.05, 4.69) is 35.9 Å². The predicted molar refractivity (Wildman–Crippen MR) is 90.1 cm³/mol. The van der Waals surface area contributed by atoms with Crippen LogP contribution in [-0.4, -0.2) is 37.0 Å². The van der Waals surface area contributed by atoms with Gasteiger partial charge >= 0.3 is 5.97 Å². The molecule has 1 atom stereocenters. The maximum Gasteiger partial charge on any atom is 0.306 e. The third-order valence-electron chi connectivity index (χ3n) is 4.73. The van der Waals surface area contributed by atoms with Gasteiger partial charge in [-0.1, -0.05) is 24.3 Å². The van der Waals surface area contributed by atoms with Gasteiger partial charge in [0.05, 0.1) is 13.5 Å². The van der Waals surface area contributed by atoms with Crippen LogP contribution in [0.5, 0.6) is 0 Å². The molecule has 1 amide bonds. The van der Waals surface area contributed by atoms with Crippen molar-refractivity contribution in [3.05, 3.63) is 35.4 Å². The highest BCUT2D eigenvalue weighted by atomic mass is 16.5. The van der Waals surface area contributed by atoms with E-state index in [0.717, 1.165) is 32.4 Å². The van der Waals surface area contributed by atoms with Gasteiger partial charge in [-0.3, -0.25) is 9.59 Å². The molecule has 2 rings (SSSR count). The first-order chi connectivity index (χ1) is 11.1. The molecule has 0 aliphatic carbocycles. The second-order valence-corrected chi connectivity index (χ2v) is 6.39. The monoisotopic (exact) mass is 317 g/mol. The lowest BCUT2D eigenvalue weighted by Gasteiger charge is -2.33. The molecule has 1 heterocycles. The van der Waals surface area contributed by atoms with Crippen LogP contribution in [0.4, 0.5) is 0 Å². The first-order valence-electron chi connectivity index (χ1n) is 8.49. The summed E-state index contributed by atoms with van der Waals surface area (Å²) in [7, 11) is 1.36. The van der Waals surface area contributed by atoms with Gasteiger partial charge in [-0.05, 0) is 49.7 Å². The zero-order valence-electron chi connectivity index (χ0n) is 14.2. The minimum Gasteiger partial charge on any atom is -0.469 e. The molecule has 1 saturated heterocycles. The summed E-state index contributed by atoms with van der Waals surface area (Å²) in [6.45, 7) is 3.80. The van der Waals surface area contributed by atoms with Gasteiger partial charge in [-0.15, -0.1) is 0 Å². The molecule has 0 spiro atoms. The Morgan fingerprint density at radius 2 is 2.04 bits per heavy atom. The lowest BCUT2D eigenvalue weighted by atomic mass is 9.90. The highest BCUT2D eigenvalue weighted by molar-refractivity contribution is 5.81. The van der Waals surface area contributed by atoms with Crippen molar-refractivity contribution in [1.29, 1.82) is 0 Å². The van der Waals surface area contributed by atoms with Crippen LogP contribution < -0.4 is 0 Å². The molecule has 0 N–H and O–H groups in total. The fourth-order valence-electron chi connectivity index (χ4n) is 3.25. The van der Waals surface area contributed by atoms with Crippen LogP contribution >= 0.6 is 0 Å². The Balaban J connectivity index is 1.80. The van der Waals surface area contributed by atoms with Crippen molar-refractivity contribution >= 4 is 11.9 Å². The van der Waals surface area contributed by atoms with E-state index in [-0.39, 0.29) is 24.7 Å². The van der Waals surface area contributed by atoms with E-state index in [9.17, 15) is 9.59 Å². The van der Waals surface area contributed by atoms with Crippen molar-refractivity contribution in [2.24, 2.45) is 5.92 Å². The molecule has 0 aromatic heterocycles. The smallest absolute Gasteiger partial charge is 0.306 e. The van der Waals surface area contributed by atoms with Gasteiger partial charge in [0, 0.05) is 19.5 Å². The largest absolute Gasteiger partial charge is 0.469 e. The van der Waals surface area contributed by atoms with Gasteiger partial charge in [-0.25, -0.2) is 0 Å². The van der Waals surface area contributed by atoms with Crippen LogP contribution in [0.25, 0.3) is 0 Å². The highest BCUT2D eigenvalue weighted by Crippen LogP contribution is 2.23. The average molecular weight is 317 g/mol. The summed E-state index contributed by atoms with van der Waals surface area (Å²) in [5.74, 6) is 0.327. The SMILES string of the molecule is COC(=O)CCC(=O)N1CCCC(CCc2ccccc2C)C1. The van der Waals surface area contributed by atoms with E-state index in [1.165, 1.54) is 24.7 Å². The Labute approximate surface area is 138 Å². The number of hydrogen-bond donors (Lipinski definition) is 0. The lowest BCUT2D eigenvalue weighted by Crippen LogP contribution is -2.40. The molecule has 1 fully saturated rings. The first kappa shape index (κ1) is 17.5. The highest BCUT2D eigenvalue weighted by Gasteiger charge is 2.23. The van der Waals surface area contributed by atoms with E-state index >= 15 is 0 Å². The minimum atomic E-state index is -0.313. The fourth-order valence-corrected chi connectivity index (χ4v) is 3.25. The molecule has 1 aromatic rings. The molecule has 0 saturated carbocycles. The van der Waals surface area contributed by atoms with Gasteiger partial charge < -0.3 is 9.64 Å². The number of carbonyl (C=O) groups is 2. The summed E-state index contributed by atoms with van der Waals surface area (Å²) in [4.78, 5) is 25.3. The Hall–Kier alpha value is -1.84. The number of benzene rings is 1. The summed E-state index contributed by atoms with van der Waals surface area (Å²) >= 11 is 0. The van der Waals surface area contributed by atoms with Crippen molar-refractivity contribution in [1.82, 2.24) is 4.90 Å². The molecular formula is C19H27NO3. The number of carbonyl (C=O) groups excluding carboxylic acids is 2. The number of hydrogen-bond acceptors (Lipinski definition) is 3. The fraction of sp³-hybridized carbons (Fsp3) is 0.579. The number of nitrogens with zero attached hydrogens (tertiary/aromatic N) is 1. The minimum absolute atomic E-state index is 0.0796. The van der Waals surface area contributed by atoms with Gasteiger partial charge in [0.2, 0.25) is 5.91 Å². The van der Waals surface area contributed by atoms with Crippen molar-refractivity contribution in [3.63, 3.8) is 0 Å². The number of piperidine rings is 1. The normalized spacial score (nSPS) is 17.8. The summed E-state index contributed by atoms with van der Waals surface area (Å²) in [5.41, 5.74) is 2.75. The third kappa shape index (κ3) is 5.38. The van der Waals surface area contributed by atoms with Crippen LogP contribution in [0, 0.1) is 12.8 Å². The van der Waals surface area contributed by atoms with Gasteiger partial charge in [-0.2, -0.15) is 0 Å². The van der Waals surface area contributed by atoms with Gasteiger partial charge in [0.1, 0.15) is 0 Å². The zero-order chi connectivity index (χ0) is 16.7. The third-order valence-corrected chi connectivity index (χ3v) is 4.73.